The van der Waals surface area contributed by atoms with Crippen LogP contribution in [0.1, 0.15) is 75.4 Å². The van der Waals surface area contributed by atoms with Crippen LogP contribution in [0.2, 0.25) is 0 Å². The van der Waals surface area contributed by atoms with Gasteiger partial charge in [-0.05, 0) is 54.0 Å². The zero-order valence-electron chi connectivity index (χ0n) is 18.2. The molecule has 0 saturated carbocycles. The Morgan fingerprint density at radius 3 is 2.17 bits per heavy atom. The maximum Gasteiger partial charge on any atom is 0.279 e. The lowest BCUT2D eigenvalue weighted by Gasteiger charge is -2.20. The third kappa shape index (κ3) is 6.08. The molecule has 0 aliphatic carbocycles. The van der Waals surface area contributed by atoms with Crippen LogP contribution in [0.15, 0.2) is 48.5 Å². The Kier molecular flexibility index (Phi) is 7.43. The van der Waals surface area contributed by atoms with Crippen LogP contribution in [-0.4, -0.2) is 17.9 Å². The number of benzene rings is 2. The number of amides is 2. The van der Waals surface area contributed by atoms with Crippen molar-refractivity contribution >= 4 is 11.8 Å². The molecule has 2 unspecified atom stereocenters. The van der Waals surface area contributed by atoms with Crippen molar-refractivity contribution in [1.29, 1.82) is 0 Å². The van der Waals surface area contributed by atoms with E-state index in [0.29, 0.717) is 17.2 Å². The second kappa shape index (κ2) is 9.59. The van der Waals surface area contributed by atoms with Crippen molar-refractivity contribution in [3.8, 4) is 5.75 Å². The molecule has 2 aromatic rings. The van der Waals surface area contributed by atoms with E-state index in [1.165, 1.54) is 0 Å². The van der Waals surface area contributed by atoms with E-state index in [1.54, 1.807) is 19.1 Å². The smallest absolute Gasteiger partial charge is 0.279 e. The van der Waals surface area contributed by atoms with Crippen LogP contribution < -0.4 is 15.6 Å². The van der Waals surface area contributed by atoms with Gasteiger partial charge < -0.3 is 4.74 Å². The summed E-state index contributed by atoms with van der Waals surface area (Å²) in [6, 6.07) is 15.1. The molecule has 2 amide bonds. The first kappa shape index (κ1) is 22.5. The molecular formula is C24H32N2O3. The van der Waals surface area contributed by atoms with E-state index in [1.807, 2.05) is 36.4 Å². The van der Waals surface area contributed by atoms with Gasteiger partial charge in [0.1, 0.15) is 5.75 Å². The van der Waals surface area contributed by atoms with E-state index in [2.05, 4.69) is 45.5 Å². The van der Waals surface area contributed by atoms with Gasteiger partial charge in [-0.15, -0.1) is 0 Å². The number of rotatable bonds is 6. The predicted molar refractivity (Wildman–Crippen MR) is 116 cm³/mol. The van der Waals surface area contributed by atoms with Gasteiger partial charge in [0.05, 0.1) is 0 Å². The Morgan fingerprint density at radius 1 is 0.966 bits per heavy atom. The first-order valence-electron chi connectivity index (χ1n) is 10.1. The summed E-state index contributed by atoms with van der Waals surface area (Å²) in [6.07, 6.45) is 0.231. The standard InChI is InChI=1S/C24H32N2O3/c1-7-16(2)20-10-8-9-11-21(20)29-17(3)22(27)25-26-23(28)18-12-14-19(15-13-18)24(4,5)6/h8-17H,7H2,1-6H3,(H,25,27)(H,26,28). The van der Waals surface area contributed by atoms with Crippen LogP contribution in [0.3, 0.4) is 0 Å². The van der Waals surface area contributed by atoms with E-state index in [0.717, 1.165) is 17.5 Å². The molecule has 0 bridgehead atoms. The Balaban J connectivity index is 1.94. The average Bonchev–Trinajstić information content (AvgIpc) is 2.70. The molecule has 0 heterocycles. The van der Waals surface area contributed by atoms with E-state index >= 15 is 0 Å². The van der Waals surface area contributed by atoms with Gasteiger partial charge in [0.2, 0.25) is 0 Å². The summed E-state index contributed by atoms with van der Waals surface area (Å²) in [5.41, 5.74) is 7.60. The largest absolute Gasteiger partial charge is 0.481 e. The van der Waals surface area contributed by atoms with Crippen molar-refractivity contribution < 1.29 is 14.3 Å². The van der Waals surface area contributed by atoms with Gasteiger partial charge in [0.15, 0.2) is 6.10 Å². The van der Waals surface area contributed by atoms with Crippen LogP contribution in [0.25, 0.3) is 0 Å². The first-order valence-corrected chi connectivity index (χ1v) is 10.1. The van der Waals surface area contributed by atoms with Gasteiger partial charge in [-0.25, -0.2) is 0 Å². The summed E-state index contributed by atoms with van der Waals surface area (Å²) in [7, 11) is 0. The highest BCUT2D eigenvalue weighted by molar-refractivity contribution is 5.95. The minimum Gasteiger partial charge on any atom is -0.481 e. The fourth-order valence-corrected chi connectivity index (χ4v) is 2.87. The van der Waals surface area contributed by atoms with Crippen LogP contribution >= 0.6 is 0 Å². The topological polar surface area (TPSA) is 67.4 Å². The summed E-state index contributed by atoms with van der Waals surface area (Å²) < 4.78 is 5.86. The predicted octanol–water partition coefficient (Wildman–Crippen LogP) is 4.73. The minimum absolute atomic E-state index is 0.0154. The van der Waals surface area contributed by atoms with Gasteiger partial charge in [-0.2, -0.15) is 0 Å². The molecule has 2 atom stereocenters. The third-order valence-electron chi connectivity index (χ3n) is 5.05. The second-order valence-corrected chi connectivity index (χ2v) is 8.38. The highest BCUT2D eigenvalue weighted by Gasteiger charge is 2.19. The maximum atomic E-state index is 12.4. The summed E-state index contributed by atoms with van der Waals surface area (Å²) >= 11 is 0. The third-order valence-corrected chi connectivity index (χ3v) is 5.05. The number of carbonyl (C=O) groups is 2. The molecule has 0 spiro atoms. The van der Waals surface area contributed by atoms with E-state index in [9.17, 15) is 9.59 Å². The lowest BCUT2D eigenvalue weighted by atomic mass is 9.87. The van der Waals surface area contributed by atoms with Crippen LogP contribution in [0.4, 0.5) is 0 Å². The molecule has 29 heavy (non-hydrogen) atoms. The Morgan fingerprint density at radius 2 is 1.59 bits per heavy atom. The van der Waals surface area contributed by atoms with Gasteiger partial charge in [0.25, 0.3) is 11.8 Å². The van der Waals surface area contributed by atoms with E-state index in [4.69, 9.17) is 4.74 Å². The number of carbonyl (C=O) groups excluding carboxylic acids is 2. The normalized spacial score (nSPS) is 13.3. The lowest BCUT2D eigenvalue weighted by Crippen LogP contribution is -2.47. The van der Waals surface area contributed by atoms with Crippen molar-refractivity contribution in [2.24, 2.45) is 0 Å². The molecule has 2 aromatic carbocycles. The molecule has 0 radical (unpaired) electrons. The molecule has 0 fully saturated rings. The number of nitrogens with one attached hydrogen (secondary N) is 2. The number of hydrazine groups is 1. The molecule has 0 aliphatic heterocycles. The highest BCUT2D eigenvalue weighted by Crippen LogP contribution is 2.29. The summed E-state index contributed by atoms with van der Waals surface area (Å²) in [5.74, 6) is 0.237. The van der Waals surface area contributed by atoms with Crippen molar-refractivity contribution in [3.63, 3.8) is 0 Å². The van der Waals surface area contributed by atoms with Crippen molar-refractivity contribution in [2.75, 3.05) is 0 Å². The first-order chi connectivity index (χ1) is 13.6. The van der Waals surface area contributed by atoms with Crippen LogP contribution in [-0.2, 0) is 10.2 Å². The van der Waals surface area contributed by atoms with Crippen molar-refractivity contribution in [2.45, 2.75) is 65.4 Å². The molecular weight excluding hydrogens is 364 g/mol. The molecule has 0 aromatic heterocycles. The van der Waals surface area contributed by atoms with Gasteiger partial charge in [-0.3, -0.25) is 20.4 Å². The molecule has 0 aliphatic rings. The average molecular weight is 397 g/mol. The lowest BCUT2D eigenvalue weighted by molar-refractivity contribution is -0.128. The zero-order valence-corrected chi connectivity index (χ0v) is 18.2. The van der Waals surface area contributed by atoms with Crippen molar-refractivity contribution in [3.05, 3.63) is 65.2 Å². The monoisotopic (exact) mass is 396 g/mol. The molecule has 0 saturated heterocycles. The zero-order chi connectivity index (χ0) is 21.6. The van der Waals surface area contributed by atoms with Crippen LogP contribution in [0.5, 0.6) is 5.75 Å². The molecule has 156 valence electrons. The van der Waals surface area contributed by atoms with E-state index < -0.39 is 12.0 Å². The number of hydrogen-bond donors (Lipinski definition) is 2. The Hall–Kier alpha value is -2.82. The SMILES string of the molecule is CCC(C)c1ccccc1OC(C)C(=O)NNC(=O)c1ccc(C(C)(C)C)cc1. The molecule has 5 heteroatoms. The quantitative estimate of drug-likeness (QED) is 0.694. The van der Waals surface area contributed by atoms with Gasteiger partial charge in [-0.1, -0.05) is 65.0 Å². The Bertz CT molecular complexity index is 838. The van der Waals surface area contributed by atoms with Gasteiger partial charge >= 0.3 is 0 Å². The maximum absolute atomic E-state index is 12.4. The highest BCUT2D eigenvalue weighted by atomic mass is 16.5. The molecule has 2 N–H and O–H groups in total. The minimum atomic E-state index is -0.747. The number of ether oxygens (including phenoxy) is 1. The fraction of sp³-hybridized carbons (Fsp3) is 0.417. The summed E-state index contributed by atoms with van der Waals surface area (Å²) in [4.78, 5) is 24.7. The summed E-state index contributed by atoms with van der Waals surface area (Å²) in [5, 5.41) is 0. The molecule has 2 rings (SSSR count). The van der Waals surface area contributed by atoms with Crippen LogP contribution in [0, 0.1) is 0 Å². The molecule has 5 nitrogen and oxygen atoms in total. The second-order valence-electron chi connectivity index (χ2n) is 8.38. The number of para-hydroxylation sites is 1. The van der Waals surface area contributed by atoms with Crippen molar-refractivity contribution in [1.82, 2.24) is 10.9 Å². The number of hydrogen-bond acceptors (Lipinski definition) is 3. The Labute approximate surface area is 173 Å². The summed E-state index contributed by atoms with van der Waals surface area (Å²) in [6.45, 7) is 12.2. The van der Waals surface area contributed by atoms with E-state index in [-0.39, 0.29) is 11.3 Å². The van der Waals surface area contributed by atoms with Gasteiger partial charge in [0, 0.05) is 5.56 Å². The fourth-order valence-electron chi connectivity index (χ4n) is 2.87.